The van der Waals surface area contributed by atoms with E-state index in [9.17, 15) is 0 Å². The summed E-state index contributed by atoms with van der Waals surface area (Å²) in [7, 11) is 0. The number of anilines is 1. The SMILES string of the molecule is Nc1cc(CCc2cccc(Cl)c2)nc2ccc(Br)cc12. The third-order valence-corrected chi connectivity index (χ3v) is 4.14. The quantitative estimate of drug-likeness (QED) is 0.711. The number of nitrogen functional groups attached to an aromatic ring is 1. The lowest BCUT2D eigenvalue weighted by Gasteiger charge is -2.07. The van der Waals surface area contributed by atoms with Crippen LogP contribution in [0.5, 0.6) is 0 Å². The highest BCUT2D eigenvalue weighted by molar-refractivity contribution is 9.10. The molecule has 0 aliphatic rings. The second-order valence-electron chi connectivity index (χ2n) is 4.99. The summed E-state index contributed by atoms with van der Waals surface area (Å²) in [6.07, 6.45) is 1.74. The van der Waals surface area contributed by atoms with Crippen molar-refractivity contribution in [2.24, 2.45) is 0 Å². The molecule has 0 amide bonds. The summed E-state index contributed by atoms with van der Waals surface area (Å²) in [4.78, 5) is 4.68. The molecule has 3 aromatic rings. The Kier molecular flexibility index (Phi) is 4.13. The Morgan fingerprint density at radius 3 is 2.71 bits per heavy atom. The molecule has 0 unspecified atom stereocenters. The van der Waals surface area contributed by atoms with Crippen LogP contribution in [-0.4, -0.2) is 4.98 Å². The molecule has 0 atom stereocenters. The zero-order chi connectivity index (χ0) is 14.8. The van der Waals surface area contributed by atoms with Gasteiger partial charge < -0.3 is 5.73 Å². The average molecular weight is 362 g/mol. The first-order valence-electron chi connectivity index (χ1n) is 6.71. The van der Waals surface area contributed by atoms with Gasteiger partial charge in [-0.1, -0.05) is 39.7 Å². The van der Waals surface area contributed by atoms with Crippen molar-refractivity contribution in [1.82, 2.24) is 4.98 Å². The van der Waals surface area contributed by atoms with Crippen LogP contribution in [0.3, 0.4) is 0 Å². The van der Waals surface area contributed by atoms with E-state index in [-0.39, 0.29) is 0 Å². The fourth-order valence-corrected chi connectivity index (χ4v) is 2.95. The minimum absolute atomic E-state index is 0.766. The van der Waals surface area contributed by atoms with Crippen molar-refractivity contribution in [2.75, 3.05) is 5.73 Å². The van der Waals surface area contributed by atoms with Crippen LogP contribution in [-0.2, 0) is 12.8 Å². The Morgan fingerprint density at radius 1 is 1.05 bits per heavy atom. The van der Waals surface area contributed by atoms with Crippen molar-refractivity contribution < 1.29 is 0 Å². The van der Waals surface area contributed by atoms with Gasteiger partial charge >= 0.3 is 0 Å². The molecule has 2 nitrogen and oxygen atoms in total. The molecular weight excluding hydrogens is 348 g/mol. The van der Waals surface area contributed by atoms with Crippen molar-refractivity contribution >= 4 is 44.1 Å². The van der Waals surface area contributed by atoms with E-state index >= 15 is 0 Å². The second-order valence-corrected chi connectivity index (χ2v) is 6.35. The predicted molar refractivity (Wildman–Crippen MR) is 92.7 cm³/mol. The number of rotatable bonds is 3. The maximum Gasteiger partial charge on any atom is 0.0726 e. The van der Waals surface area contributed by atoms with Gasteiger partial charge in [0, 0.05) is 26.3 Å². The molecule has 106 valence electrons. The highest BCUT2D eigenvalue weighted by Crippen LogP contribution is 2.25. The summed E-state index contributed by atoms with van der Waals surface area (Å²) in [5.74, 6) is 0. The van der Waals surface area contributed by atoms with Gasteiger partial charge in [-0.2, -0.15) is 0 Å². The number of pyridine rings is 1. The first kappa shape index (κ1) is 14.4. The van der Waals surface area contributed by atoms with Crippen LogP contribution in [0.15, 0.2) is 53.0 Å². The number of fused-ring (bicyclic) bond motifs is 1. The highest BCUT2D eigenvalue weighted by atomic mass is 79.9. The number of halogens is 2. The summed E-state index contributed by atoms with van der Waals surface area (Å²) < 4.78 is 1.01. The second kappa shape index (κ2) is 6.04. The molecule has 2 N–H and O–H groups in total. The monoisotopic (exact) mass is 360 g/mol. The molecular formula is C17H14BrClN2. The molecule has 3 rings (SSSR count). The molecule has 0 aliphatic carbocycles. The summed E-state index contributed by atoms with van der Waals surface area (Å²) >= 11 is 9.46. The lowest BCUT2D eigenvalue weighted by atomic mass is 10.1. The summed E-state index contributed by atoms with van der Waals surface area (Å²) in [6.45, 7) is 0. The maximum absolute atomic E-state index is 6.14. The number of nitrogens with two attached hydrogens (primary N) is 1. The van der Waals surface area contributed by atoms with Crippen LogP contribution in [0.1, 0.15) is 11.3 Å². The lowest BCUT2D eigenvalue weighted by Crippen LogP contribution is -1.98. The van der Waals surface area contributed by atoms with Crippen LogP contribution in [0.4, 0.5) is 5.69 Å². The van der Waals surface area contributed by atoms with Gasteiger partial charge in [0.1, 0.15) is 0 Å². The molecule has 0 radical (unpaired) electrons. The number of hydrogen-bond donors (Lipinski definition) is 1. The smallest absolute Gasteiger partial charge is 0.0726 e. The van der Waals surface area contributed by atoms with E-state index < -0.39 is 0 Å². The predicted octanol–water partition coefficient (Wildman–Crippen LogP) is 5.02. The van der Waals surface area contributed by atoms with Gasteiger partial charge in [-0.3, -0.25) is 4.98 Å². The minimum Gasteiger partial charge on any atom is -0.398 e. The molecule has 21 heavy (non-hydrogen) atoms. The van der Waals surface area contributed by atoms with Crippen molar-refractivity contribution in [1.29, 1.82) is 0 Å². The van der Waals surface area contributed by atoms with Crippen LogP contribution >= 0.6 is 27.5 Å². The fraction of sp³-hybridized carbons (Fsp3) is 0.118. The first-order chi connectivity index (χ1) is 10.1. The van der Waals surface area contributed by atoms with Crippen LogP contribution in [0, 0.1) is 0 Å². The minimum atomic E-state index is 0.766. The number of aromatic nitrogens is 1. The van der Waals surface area contributed by atoms with E-state index in [1.807, 2.05) is 42.5 Å². The van der Waals surface area contributed by atoms with Gasteiger partial charge in [0.2, 0.25) is 0 Å². The molecule has 1 aromatic heterocycles. The summed E-state index contributed by atoms with van der Waals surface area (Å²) in [6, 6.07) is 15.8. The lowest BCUT2D eigenvalue weighted by molar-refractivity contribution is 0.923. The van der Waals surface area contributed by atoms with Gasteiger partial charge in [-0.05, 0) is 54.8 Å². The third kappa shape index (κ3) is 3.36. The van der Waals surface area contributed by atoms with Gasteiger partial charge in [0.25, 0.3) is 0 Å². The Bertz CT molecular complexity index is 802. The van der Waals surface area contributed by atoms with E-state index in [1.165, 1.54) is 5.56 Å². The third-order valence-electron chi connectivity index (χ3n) is 3.41. The summed E-state index contributed by atoms with van der Waals surface area (Å²) in [5, 5.41) is 1.75. The van der Waals surface area contributed by atoms with E-state index in [4.69, 9.17) is 17.3 Å². The van der Waals surface area contributed by atoms with Gasteiger partial charge in [0.15, 0.2) is 0 Å². The Hall–Kier alpha value is -1.58. The molecule has 0 bridgehead atoms. The zero-order valence-corrected chi connectivity index (χ0v) is 13.7. The Balaban J connectivity index is 1.86. The van der Waals surface area contributed by atoms with E-state index in [0.29, 0.717) is 0 Å². The van der Waals surface area contributed by atoms with Crippen molar-refractivity contribution in [3.8, 4) is 0 Å². The Morgan fingerprint density at radius 2 is 1.90 bits per heavy atom. The van der Waals surface area contributed by atoms with Gasteiger partial charge in [-0.15, -0.1) is 0 Å². The number of hydrogen-bond acceptors (Lipinski definition) is 2. The molecule has 0 fully saturated rings. The van der Waals surface area contributed by atoms with E-state index in [2.05, 4.69) is 27.0 Å². The average Bonchev–Trinajstić information content (AvgIpc) is 2.46. The van der Waals surface area contributed by atoms with Gasteiger partial charge in [0.05, 0.1) is 5.52 Å². The molecule has 0 aliphatic heterocycles. The van der Waals surface area contributed by atoms with Crippen molar-refractivity contribution in [2.45, 2.75) is 12.8 Å². The van der Waals surface area contributed by atoms with Crippen molar-refractivity contribution in [3.63, 3.8) is 0 Å². The normalized spacial score (nSPS) is 11.0. The topological polar surface area (TPSA) is 38.9 Å². The Labute approximate surface area is 137 Å². The standard InChI is InChI=1S/C17H14BrClN2/c18-12-5-7-17-15(9-12)16(20)10-14(21-17)6-4-11-2-1-3-13(19)8-11/h1-3,5,7-10H,4,6H2,(H2,20,21). The molecule has 4 heteroatoms. The summed E-state index contributed by atoms with van der Waals surface area (Å²) in [5.41, 5.74) is 10.0. The van der Waals surface area contributed by atoms with Crippen LogP contribution in [0.25, 0.3) is 10.9 Å². The number of aryl methyl sites for hydroxylation is 2. The van der Waals surface area contributed by atoms with E-state index in [0.717, 1.165) is 44.6 Å². The first-order valence-corrected chi connectivity index (χ1v) is 7.88. The molecule has 2 aromatic carbocycles. The molecule has 0 saturated carbocycles. The zero-order valence-electron chi connectivity index (χ0n) is 11.3. The molecule has 0 saturated heterocycles. The highest BCUT2D eigenvalue weighted by Gasteiger charge is 2.05. The number of benzene rings is 2. The van der Waals surface area contributed by atoms with Crippen molar-refractivity contribution in [3.05, 3.63) is 69.3 Å². The van der Waals surface area contributed by atoms with E-state index in [1.54, 1.807) is 0 Å². The fourth-order valence-electron chi connectivity index (χ4n) is 2.37. The molecule has 1 heterocycles. The largest absolute Gasteiger partial charge is 0.398 e. The maximum atomic E-state index is 6.14. The van der Waals surface area contributed by atoms with Crippen LogP contribution in [0.2, 0.25) is 5.02 Å². The number of nitrogens with zero attached hydrogens (tertiary/aromatic N) is 1. The van der Waals surface area contributed by atoms with Gasteiger partial charge in [-0.25, -0.2) is 0 Å². The molecule has 0 spiro atoms. The van der Waals surface area contributed by atoms with Crippen LogP contribution < -0.4 is 5.73 Å².